The Kier molecular flexibility index (Phi) is 5.21. The average molecular weight is 296 g/mol. The summed E-state index contributed by atoms with van der Waals surface area (Å²) in [6, 6.07) is 16.4. The normalized spacial score (nSPS) is 11.8. The van der Waals surface area contributed by atoms with E-state index in [0.29, 0.717) is 6.54 Å². The zero-order chi connectivity index (χ0) is 16.1. The van der Waals surface area contributed by atoms with Crippen LogP contribution in [-0.2, 0) is 0 Å². The number of benzene rings is 2. The molecule has 1 N–H and O–H groups in total. The molecular formula is C19H24N2O. The standard InChI is InChI=1S/C19H24N2O/c1-14-10-11-15(2)18(12-14)19(22)20-13-16(3)21(4)17-8-6-5-7-9-17/h5-12,16H,13H2,1-4H3,(H,20,22)/t16-/m1/s1. The van der Waals surface area contributed by atoms with Crippen molar-refractivity contribution >= 4 is 11.6 Å². The van der Waals surface area contributed by atoms with E-state index >= 15 is 0 Å². The molecule has 116 valence electrons. The molecular weight excluding hydrogens is 272 g/mol. The molecule has 0 radical (unpaired) electrons. The van der Waals surface area contributed by atoms with E-state index in [1.54, 1.807) is 0 Å². The van der Waals surface area contributed by atoms with Gasteiger partial charge in [0.05, 0.1) is 0 Å². The SMILES string of the molecule is Cc1ccc(C)c(C(=O)NC[C@@H](C)N(C)c2ccccc2)c1. The third-order valence-electron chi connectivity index (χ3n) is 4.02. The van der Waals surface area contributed by atoms with Gasteiger partial charge in [-0.25, -0.2) is 0 Å². The van der Waals surface area contributed by atoms with Crippen molar-refractivity contribution in [1.29, 1.82) is 0 Å². The summed E-state index contributed by atoms with van der Waals surface area (Å²) in [6.07, 6.45) is 0. The number of carbonyl (C=O) groups excluding carboxylic acids is 1. The third-order valence-corrected chi connectivity index (χ3v) is 4.02. The number of carbonyl (C=O) groups is 1. The van der Waals surface area contributed by atoms with Crippen LogP contribution in [0.5, 0.6) is 0 Å². The van der Waals surface area contributed by atoms with Crippen LogP contribution >= 0.6 is 0 Å². The number of likely N-dealkylation sites (N-methyl/N-ethyl adjacent to an activating group) is 1. The van der Waals surface area contributed by atoms with Crippen molar-refractivity contribution in [1.82, 2.24) is 5.32 Å². The van der Waals surface area contributed by atoms with Gasteiger partial charge in [0.2, 0.25) is 0 Å². The van der Waals surface area contributed by atoms with Crippen LogP contribution in [0.15, 0.2) is 48.5 Å². The second kappa shape index (κ2) is 7.12. The van der Waals surface area contributed by atoms with E-state index in [1.807, 2.05) is 57.3 Å². The van der Waals surface area contributed by atoms with Crippen molar-refractivity contribution in [3.63, 3.8) is 0 Å². The molecule has 0 aromatic heterocycles. The van der Waals surface area contributed by atoms with Crippen LogP contribution in [0.25, 0.3) is 0 Å². The summed E-state index contributed by atoms with van der Waals surface area (Å²) in [5.74, 6) is -0.00508. The fourth-order valence-electron chi connectivity index (χ4n) is 2.37. The molecule has 0 unspecified atom stereocenters. The van der Waals surface area contributed by atoms with Gasteiger partial charge in [-0.3, -0.25) is 4.79 Å². The lowest BCUT2D eigenvalue weighted by atomic mass is 10.1. The second-order valence-corrected chi connectivity index (χ2v) is 5.82. The number of nitrogens with zero attached hydrogens (tertiary/aromatic N) is 1. The molecule has 1 atom stereocenters. The maximum atomic E-state index is 12.4. The molecule has 2 aromatic carbocycles. The minimum Gasteiger partial charge on any atom is -0.370 e. The molecule has 0 bridgehead atoms. The smallest absolute Gasteiger partial charge is 0.251 e. The first-order valence-electron chi connectivity index (χ1n) is 7.62. The van der Waals surface area contributed by atoms with E-state index in [-0.39, 0.29) is 11.9 Å². The number of nitrogens with one attached hydrogen (secondary N) is 1. The fraction of sp³-hybridized carbons (Fsp3) is 0.316. The van der Waals surface area contributed by atoms with Gasteiger partial charge in [-0.05, 0) is 44.5 Å². The van der Waals surface area contributed by atoms with E-state index in [2.05, 4.69) is 29.3 Å². The van der Waals surface area contributed by atoms with Crippen LogP contribution in [0, 0.1) is 13.8 Å². The summed E-state index contributed by atoms with van der Waals surface area (Å²) >= 11 is 0. The maximum absolute atomic E-state index is 12.4. The summed E-state index contributed by atoms with van der Waals surface area (Å²) in [6.45, 7) is 6.68. The Morgan fingerprint density at radius 3 is 2.50 bits per heavy atom. The molecule has 0 aliphatic heterocycles. The van der Waals surface area contributed by atoms with Crippen molar-refractivity contribution in [2.45, 2.75) is 26.8 Å². The highest BCUT2D eigenvalue weighted by Crippen LogP contribution is 2.14. The number of hydrogen-bond acceptors (Lipinski definition) is 2. The van der Waals surface area contributed by atoms with Gasteiger partial charge < -0.3 is 10.2 Å². The first-order chi connectivity index (χ1) is 10.5. The number of para-hydroxylation sites is 1. The number of rotatable bonds is 5. The molecule has 0 saturated heterocycles. The maximum Gasteiger partial charge on any atom is 0.251 e. The van der Waals surface area contributed by atoms with Gasteiger partial charge in [0.1, 0.15) is 0 Å². The predicted molar refractivity (Wildman–Crippen MR) is 92.6 cm³/mol. The van der Waals surface area contributed by atoms with Crippen LogP contribution in [0.2, 0.25) is 0 Å². The Hall–Kier alpha value is -2.29. The predicted octanol–water partition coefficient (Wildman–Crippen LogP) is 3.56. The fourth-order valence-corrected chi connectivity index (χ4v) is 2.37. The minimum absolute atomic E-state index is 0.00508. The number of amides is 1. The van der Waals surface area contributed by atoms with Gasteiger partial charge in [-0.1, -0.05) is 35.9 Å². The lowest BCUT2D eigenvalue weighted by molar-refractivity contribution is 0.0951. The molecule has 0 fully saturated rings. The molecule has 2 aromatic rings. The Bertz CT molecular complexity index is 637. The van der Waals surface area contributed by atoms with Crippen molar-refractivity contribution in [2.24, 2.45) is 0 Å². The van der Waals surface area contributed by atoms with Gasteiger partial charge in [0.15, 0.2) is 0 Å². The Labute approximate surface area is 133 Å². The van der Waals surface area contributed by atoms with E-state index in [0.717, 1.165) is 22.4 Å². The highest BCUT2D eigenvalue weighted by Gasteiger charge is 2.13. The summed E-state index contributed by atoms with van der Waals surface area (Å²) in [7, 11) is 2.05. The van der Waals surface area contributed by atoms with Gasteiger partial charge in [-0.15, -0.1) is 0 Å². The topological polar surface area (TPSA) is 32.3 Å². The van der Waals surface area contributed by atoms with Crippen molar-refractivity contribution in [3.8, 4) is 0 Å². The average Bonchev–Trinajstić information content (AvgIpc) is 2.54. The minimum atomic E-state index is -0.00508. The van der Waals surface area contributed by atoms with Crippen LogP contribution in [0.1, 0.15) is 28.4 Å². The Morgan fingerprint density at radius 1 is 1.14 bits per heavy atom. The van der Waals surface area contributed by atoms with Gasteiger partial charge in [0.25, 0.3) is 5.91 Å². The summed E-state index contributed by atoms with van der Waals surface area (Å²) in [5, 5.41) is 3.04. The molecule has 0 spiro atoms. The summed E-state index contributed by atoms with van der Waals surface area (Å²) < 4.78 is 0. The molecule has 0 aliphatic carbocycles. The molecule has 2 rings (SSSR count). The monoisotopic (exact) mass is 296 g/mol. The highest BCUT2D eigenvalue weighted by molar-refractivity contribution is 5.95. The number of hydrogen-bond donors (Lipinski definition) is 1. The molecule has 0 saturated carbocycles. The zero-order valence-electron chi connectivity index (χ0n) is 13.8. The molecule has 0 aliphatic rings. The molecule has 3 nitrogen and oxygen atoms in total. The van der Waals surface area contributed by atoms with Crippen LogP contribution in [0.3, 0.4) is 0 Å². The van der Waals surface area contributed by atoms with Gasteiger partial charge in [0, 0.05) is 30.9 Å². The Balaban J connectivity index is 1.97. The largest absolute Gasteiger partial charge is 0.370 e. The molecule has 0 heterocycles. The lowest BCUT2D eigenvalue weighted by Crippen LogP contribution is -2.40. The van der Waals surface area contributed by atoms with Crippen molar-refractivity contribution in [2.75, 3.05) is 18.5 Å². The zero-order valence-corrected chi connectivity index (χ0v) is 13.8. The quantitative estimate of drug-likeness (QED) is 0.915. The van der Waals surface area contributed by atoms with Crippen LogP contribution in [-0.4, -0.2) is 25.5 Å². The van der Waals surface area contributed by atoms with E-state index in [1.165, 1.54) is 0 Å². The van der Waals surface area contributed by atoms with E-state index in [9.17, 15) is 4.79 Å². The van der Waals surface area contributed by atoms with Crippen LogP contribution < -0.4 is 10.2 Å². The van der Waals surface area contributed by atoms with Gasteiger partial charge >= 0.3 is 0 Å². The summed E-state index contributed by atoms with van der Waals surface area (Å²) in [5.41, 5.74) is 4.02. The molecule has 1 amide bonds. The van der Waals surface area contributed by atoms with E-state index in [4.69, 9.17) is 0 Å². The first-order valence-corrected chi connectivity index (χ1v) is 7.62. The van der Waals surface area contributed by atoms with Gasteiger partial charge in [-0.2, -0.15) is 0 Å². The van der Waals surface area contributed by atoms with E-state index < -0.39 is 0 Å². The third kappa shape index (κ3) is 3.88. The molecule has 3 heteroatoms. The summed E-state index contributed by atoms with van der Waals surface area (Å²) in [4.78, 5) is 14.5. The first kappa shape index (κ1) is 16.1. The number of aryl methyl sites for hydroxylation is 2. The number of anilines is 1. The lowest BCUT2D eigenvalue weighted by Gasteiger charge is -2.27. The molecule has 22 heavy (non-hydrogen) atoms. The Morgan fingerprint density at radius 2 is 1.82 bits per heavy atom. The second-order valence-electron chi connectivity index (χ2n) is 5.82. The van der Waals surface area contributed by atoms with Crippen molar-refractivity contribution in [3.05, 3.63) is 65.2 Å². The van der Waals surface area contributed by atoms with Crippen molar-refractivity contribution < 1.29 is 4.79 Å². The van der Waals surface area contributed by atoms with Crippen LogP contribution in [0.4, 0.5) is 5.69 Å². The highest BCUT2D eigenvalue weighted by atomic mass is 16.1.